The fourth-order valence-corrected chi connectivity index (χ4v) is 0.443. The minimum atomic E-state index is -5.93. The summed E-state index contributed by atoms with van der Waals surface area (Å²) in [7, 11) is 0. The third-order valence-corrected chi connectivity index (χ3v) is 0.882. The molecule has 1 nitrogen and oxygen atoms in total. The molecule has 0 aliphatic heterocycles. The standard InChI is InChI=1S/C4HF7O/c5-2(12)1(3(6,7)8)4(9,10)11/h1H. The summed E-state index contributed by atoms with van der Waals surface area (Å²) in [5.41, 5.74) is 0. The largest absolute Gasteiger partial charge is 0.410 e. The van der Waals surface area contributed by atoms with Gasteiger partial charge in [-0.15, -0.1) is 0 Å². The lowest BCUT2D eigenvalue weighted by molar-refractivity contribution is -0.277. The number of carbonyl (C=O) groups excluding carboxylic acids is 1. The van der Waals surface area contributed by atoms with Crippen molar-refractivity contribution in [3.8, 4) is 0 Å². The van der Waals surface area contributed by atoms with Crippen LogP contribution < -0.4 is 0 Å². The van der Waals surface area contributed by atoms with Crippen LogP contribution in [0.25, 0.3) is 0 Å². The Labute approximate surface area is 61.2 Å². The maximum Gasteiger partial charge on any atom is 0.410 e. The molecule has 8 heteroatoms. The van der Waals surface area contributed by atoms with Crippen molar-refractivity contribution in [3.63, 3.8) is 0 Å². The van der Waals surface area contributed by atoms with Crippen molar-refractivity contribution in [1.29, 1.82) is 0 Å². The molecule has 0 saturated heterocycles. The van der Waals surface area contributed by atoms with Crippen molar-refractivity contribution >= 4 is 6.04 Å². The van der Waals surface area contributed by atoms with E-state index in [-0.39, 0.29) is 0 Å². The van der Waals surface area contributed by atoms with E-state index in [1.54, 1.807) is 0 Å². The first-order valence-corrected chi connectivity index (χ1v) is 2.39. The summed E-state index contributed by atoms with van der Waals surface area (Å²) in [6, 6.07) is -3.45. The number of carbonyl (C=O) groups is 1. The first kappa shape index (κ1) is 11.2. The predicted molar refractivity (Wildman–Crippen MR) is 21.7 cm³/mol. The summed E-state index contributed by atoms with van der Waals surface area (Å²) in [5.74, 6) is -4.52. The van der Waals surface area contributed by atoms with Crippen molar-refractivity contribution in [2.24, 2.45) is 5.92 Å². The highest BCUT2D eigenvalue weighted by molar-refractivity contribution is 5.72. The predicted octanol–water partition coefficient (Wildman–Crippen LogP) is 2.22. The van der Waals surface area contributed by atoms with Gasteiger partial charge in [0.15, 0.2) is 0 Å². The van der Waals surface area contributed by atoms with Gasteiger partial charge in [-0.05, 0) is 0 Å². The van der Waals surface area contributed by atoms with Crippen LogP contribution >= 0.6 is 0 Å². The Morgan fingerprint density at radius 3 is 1.17 bits per heavy atom. The fourth-order valence-electron chi connectivity index (χ4n) is 0.443. The van der Waals surface area contributed by atoms with E-state index in [4.69, 9.17) is 0 Å². The Morgan fingerprint density at radius 1 is 0.917 bits per heavy atom. The lowest BCUT2D eigenvalue weighted by Gasteiger charge is -2.17. The van der Waals surface area contributed by atoms with Crippen LogP contribution in [0.3, 0.4) is 0 Å². The third kappa shape index (κ3) is 2.67. The molecular weight excluding hydrogens is 197 g/mol. The molecule has 0 saturated carbocycles. The van der Waals surface area contributed by atoms with Crippen molar-refractivity contribution in [2.75, 3.05) is 0 Å². The van der Waals surface area contributed by atoms with Gasteiger partial charge in [0.1, 0.15) is 0 Å². The maximum absolute atomic E-state index is 11.3. The van der Waals surface area contributed by atoms with E-state index in [2.05, 4.69) is 0 Å². The summed E-state index contributed by atoms with van der Waals surface area (Å²) in [4.78, 5) is 9.33. The van der Waals surface area contributed by atoms with Crippen molar-refractivity contribution in [2.45, 2.75) is 12.4 Å². The highest BCUT2D eigenvalue weighted by Gasteiger charge is 2.61. The van der Waals surface area contributed by atoms with Crippen molar-refractivity contribution in [3.05, 3.63) is 0 Å². The topological polar surface area (TPSA) is 17.1 Å². The number of halogens is 7. The summed E-state index contributed by atoms with van der Waals surface area (Å²) >= 11 is 0. The van der Waals surface area contributed by atoms with Gasteiger partial charge in [-0.3, -0.25) is 4.79 Å². The molecule has 0 atom stereocenters. The molecule has 72 valence electrons. The van der Waals surface area contributed by atoms with Crippen LogP contribution in [0, 0.1) is 5.92 Å². The average molecular weight is 198 g/mol. The lowest BCUT2D eigenvalue weighted by Crippen LogP contribution is -2.40. The molecule has 0 N–H and O–H groups in total. The second-order valence-corrected chi connectivity index (χ2v) is 1.82. The Bertz CT molecular complexity index is 163. The molecule has 0 aliphatic rings. The van der Waals surface area contributed by atoms with Crippen LogP contribution in [0.5, 0.6) is 0 Å². The van der Waals surface area contributed by atoms with Crippen LogP contribution in [-0.2, 0) is 4.79 Å². The Morgan fingerprint density at radius 2 is 1.17 bits per heavy atom. The van der Waals surface area contributed by atoms with Gasteiger partial charge in [-0.2, -0.15) is 30.7 Å². The monoisotopic (exact) mass is 198 g/mol. The first-order valence-electron chi connectivity index (χ1n) is 2.39. The molecule has 0 aliphatic carbocycles. The van der Waals surface area contributed by atoms with Crippen LogP contribution in [0.2, 0.25) is 0 Å². The fraction of sp³-hybridized carbons (Fsp3) is 0.750. The summed E-state index contributed by atoms with van der Waals surface area (Å²) in [6.45, 7) is 0. The Hall–Kier alpha value is -0.820. The van der Waals surface area contributed by atoms with E-state index < -0.39 is 24.3 Å². The average Bonchev–Trinajstić information content (AvgIpc) is 1.49. The van der Waals surface area contributed by atoms with E-state index in [0.29, 0.717) is 0 Å². The third-order valence-electron chi connectivity index (χ3n) is 0.882. The van der Waals surface area contributed by atoms with E-state index in [0.717, 1.165) is 0 Å². The lowest BCUT2D eigenvalue weighted by atomic mass is 10.1. The zero-order valence-corrected chi connectivity index (χ0v) is 5.13. The highest BCUT2D eigenvalue weighted by Crippen LogP contribution is 2.39. The highest BCUT2D eigenvalue weighted by atomic mass is 19.4. The van der Waals surface area contributed by atoms with Gasteiger partial charge < -0.3 is 0 Å². The van der Waals surface area contributed by atoms with E-state index >= 15 is 0 Å². The number of rotatable bonds is 1. The van der Waals surface area contributed by atoms with Crippen LogP contribution in [-0.4, -0.2) is 18.4 Å². The SMILES string of the molecule is O=C(F)C(C(F)(F)F)C(F)(F)F. The molecule has 0 aromatic rings. The minimum absolute atomic E-state index is 3.45. The van der Waals surface area contributed by atoms with Gasteiger partial charge in [0, 0.05) is 0 Å². The number of hydrogen-bond donors (Lipinski definition) is 0. The van der Waals surface area contributed by atoms with Crippen LogP contribution in [0.15, 0.2) is 0 Å². The van der Waals surface area contributed by atoms with Gasteiger partial charge in [-0.1, -0.05) is 0 Å². The van der Waals surface area contributed by atoms with Crippen LogP contribution in [0.4, 0.5) is 30.7 Å². The molecule has 0 heterocycles. The zero-order valence-electron chi connectivity index (χ0n) is 5.13. The number of hydrogen-bond acceptors (Lipinski definition) is 1. The Balaban J connectivity index is 4.82. The normalized spacial score (nSPS) is 13.7. The van der Waals surface area contributed by atoms with Gasteiger partial charge in [0.25, 0.3) is 0 Å². The smallest absolute Gasteiger partial charge is 0.260 e. The van der Waals surface area contributed by atoms with Gasteiger partial charge >= 0.3 is 18.4 Å². The quantitative estimate of drug-likeness (QED) is 0.466. The van der Waals surface area contributed by atoms with E-state index in [1.165, 1.54) is 0 Å². The Kier molecular flexibility index (Phi) is 2.71. The molecular formula is C4HF7O. The second kappa shape index (κ2) is 2.91. The van der Waals surface area contributed by atoms with Crippen LogP contribution in [0.1, 0.15) is 0 Å². The second-order valence-electron chi connectivity index (χ2n) is 1.82. The minimum Gasteiger partial charge on any atom is -0.260 e. The molecule has 0 aromatic heterocycles. The molecule has 0 rings (SSSR count). The molecule has 0 aromatic carbocycles. The van der Waals surface area contributed by atoms with Gasteiger partial charge in [-0.25, -0.2) is 0 Å². The summed E-state index contributed by atoms with van der Waals surface area (Å²) < 4.78 is 79.0. The van der Waals surface area contributed by atoms with E-state index in [1.807, 2.05) is 0 Å². The van der Waals surface area contributed by atoms with E-state index in [9.17, 15) is 35.5 Å². The van der Waals surface area contributed by atoms with Crippen molar-refractivity contribution in [1.82, 2.24) is 0 Å². The van der Waals surface area contributed by atoms with Gasteiger partial charge in [0.05, 0.1) is 0 Å². The maximum atomic E-state index is 11.3. The number of alkyl halides is 6. The first-order chi connectivity index (χ1) is 5.07. The van der Waals surface area contributed by atoms with Gasteiger partial charge in [0.2, 0.25) is 5.92 Å². The molecule has 0 spiro atoms. The molecule has 0 bridgehead atoms. The molecule has 0 amide bonds. The van der Waals surface area contributed by atoms with Crippen molar-refractivity contribution < 1.29 is 35.5 Å². The molecule has 0 fully saturated rings. The molecule has 12 heavy (non-hydrogen) atoms. The summed E-state index contributed by atoms with van der Waals surface area (Å²) in [6.07, 6.45) is -11.9. The summed E-state index contributed by atoms with van der Waals surface area (Å²) in [5, 5.41) is 0. The zero-order chi connectivity index (χ0) is 10.2. The molecule has 0 radical (unpaired) electrons. The molecule has 0 unspecified atom stereocenters.